The average molecular weight is 273 g/mol. The summed E-state index contributed by atoms with van der Waals surface area (Å²) in [6.07, 6.45) is 0.293. The Kier molecular flexibility index (Phi) is 4.91. The predicted molar refractivity (Wildman–Crippen MR) is 81.1 cm³/mol. The monoisotopic (exact) mass is 273 g/mol. The second-order valence-corrected chi connectivity index (χ2v) is 6.05. The Bertz CT molecular complexity index is 495. The van der Waals surface area contributed by atoms with Crippen LogP contribution in [0.1, 0.15) is 34.1 Å². The van der Waals surface area contributed by atoms with Crippen LogP contribution in [0.2, 0.25) is 0 Å². The Hall–Kier alpha value is -1.86. The highest BCUT2D eigenvalue weighted by Gasteiger charge is 2.43. The number of carbonyl (C=O) groups excluding carboxylic acids is 1. The molecule has 0 aromatic heterocycles. The third-order valence-corrected chi connectivity index (χ3v) is 3.91. The fourth-order valence-corrected chi connectivity index (χ4v) is 1.73. The number of anilines is 1. The standard InChI is InChI=1S/C16H23N3O/c1-15(2,16(3,4)18)14(20)19(12-8-11-17)13-9-6-5-7-10-13/h5-7,9-10H,8,12,18H2,1-4H3. The van der Waals surface area contributed by atoms with Gasteiger partial charge in [-0.25, -0.2) is 0 Å². The number of amides is 1. The Labute approximate surface area is 121 Å². The van der Waals surface area contributed by atoms with Gasteiger partial charge in [0.05, 0.1) is 17.9 Å². The summed E-state index contributed by atoms with van der Waals surface area (Å²) < 4.78 is 0. The molecule has 108 valence electrons. The molecule has 4 nitrogen and oxygen atoms in total. The first-order chi connectivity index (χ1) is 9.21. The van der Waals surface area contributed by atoms with Gasteiger partial charge in [-0.15, -0.1) is 0 Å². The van der Waals surface area contributed by atoms with Crippen molar-refractivity contribution in [2.24, 2.45) is 11.1 Å². The number of nitriles is 1. The van der Waals surface area contributed by atoms with Crippen molar-refractivity contribution in [2.75, 3.05) is 11.4 Å². The molecule has 0 atom stereocenters. The van der Waals surface area contributed by atoms with Gasteiger partial charge in [0, 0.05) is 17.8 Å². The number of para-hydroxylation sites is 1. The largest absolute Gasteiger partial charge is 0.325 e. The molecule has 2 N–H and O–H groups in total. The van der Waals surface area contributed by atoms with E-state index in [-0.39, 0.29) is 5.91 Å². The zero-order valence-electron chi connectivity index (χ0n) is 12.7. The second-order valence-electron chi connectivity index (χ2n) is 6.05. The number of nitrogens with two attached hydrogens (primary N) is 1. The summed E-state index contributed by atoms with van der Waals surface area (Å²) in [5.41, 5.74) is 5.57. The fourth-order valence-electron chi connectivity index (χ4n) is 1.73. The molecule has 0 bridgehead atoms. The summed E-state index contributed by atoms with van der Waals surface area (Å²) in [7, 11) is 0. The van der Waals surface area contributed by atoms with Crippen molar-refractivity contribution in [3.8, 4) is 6.07 Å². The highest BCUT2D eigenvalue weighted by molar-refractivity contribution is 5.98. The SMILES string of the molecule is CC(C)(N)C(C)(C)C(=O)N(CCC#N)c1ccccc1. The van der Waals surface area contributed by atoms with Gasteiger partial charge < -0.3 is 10.6 Å². The average Bonchev–Trinajstić information content (AvgIpc) is 2.38. The van der Waals surface area contributed by atoms with Crippen LogP contribution in [0.4, 0.5) is 5.69 Å². The van der Waals surface area contributed by atoms with Gasteiger partial charge in [-0.3, -0.25) is 4.79 Å². The first-order valence-corrected chi connectivity index (χ1v) is 6.74. The minimum absolute atomic E-state index is 0.0635. The van der Waals surface area contributed by atoms with Gasteiger partial charge in [0.2, 0.25) is 5.91 Å². The molecule has 1 aromatic rings. The third kappa shape index (κ3) is 3.37. The number of nitrogens with zero attached hydrogens (tertiary/aromatic N) is 2. The van der Waals surface area contributed by atoms with E-state index in [2.05, 4.69) is 6.07 Å². The van der Waals surface area contributed by atoms with Crippen LogP contribution >= 0.6 is 0 Å². The molecule has 0 aliphatic heterocycles. The Balaban J connectivity index is 3.13. The lowest BCUT2D eigenvalue weighted by Crippen LogP contribution is -2.56. The van der Waals surface area contributed by atoms with Crippen LogP contribution in [0.5, 0.6) is 0 Å². The van der Waals surface area contributed by atoms with Crippen LogP contribution in [-0.2, 0) is 4.79 Å². The summed E-state index contributed by atoms with van der Waals surface area (Å²) in [6.45, 7) is 7.75. The molecule has 0 fully saturated rings. The Morgan fingerprint density at radius 3 is 2.25 bits per heavy atom. The number of carbonyl (C=O) groups is 1. The van der Waals surface area contributed by atoms with Crippen LogP contribution in [0.15, 0.2) is 30.3 Å². The maximum absolute atomic E-state index is 12.9. The van der Waals surface area contributed by atoms with Crippen LogP contribution in [0.3, 0.4) is 0 Å². The summed E-state index contributed by atoms with van der Waals surface area (Å²) in [5.74, 6) is -0.0635. The highest BCUT2D eigenvalue weighted by Crippen LogP contribution is 2.32. The number of rotatable bonds is 5. The van der Waals surface area contributed by atoms with Crippen molar-refractivity contribution in [3.05, 3.63) is 30.3 Å². The minimum Gasteiger partial charge on any atom is -0.325 e. The van der Waals surface area contributed by atoms with E-state index in [1.807, 2.05) is 58.0 Å². The quantitative estimate of drug-likeness (QED) is 0.896. The lowest BCUT2D eigenvalue weighted by atomic mass is 9.74. The zero-order chi connectivity index (χ0) is 15.4. The molecule has 1 amide bonds. The van der Waals surface area contributed by atoms with Gasteiger partial charge in [0.15, 0.2) is 0 Å². The van der Waals surface area contributed by atoms with Crippen molar-refractivity contribution < 1.29 is 4.79 Å². The molecule has 1 rings (SSSR count). The van der Waals surface area contributed by atoms with Gasteiger partial charge >= 0.3 is 0 Å². The topological polar surface area (TPSA) is 70.1 Å². The van der Waals surface area contributed by atoms with Gasteiger partial charge in [0.25, 0.3) is 0 Å². The summed E-state index contributed by atoms with van der Waals surface area (Å²) in [4.78, 5) is 14.5. The first-order valence-electron chi connectivity index (χ1n) is 6.74. The molecule has 20 heavy (non-hydrogen) atoms. The first kappa shape index (κ1) is 16.2. The smallest absolute Gasteiger partial charge is 0.234 e. The lowest BCUT2D eigenvalue weighted by Gasteiger charge is -2.40. The van der Waals surface area contributed by atoms with Crippen molar-refractivity contribution in [2.45, 2.75) is 39.7 Å². The second kappa shape index (κ2) is 6.06. The molecule has 0 saturated heterocycles. The fraction of sp³-hybridized carbons (Fsp3) is 0.500. The van der Waals surface area contributed by atoms with E-state index in [0.29, 0.717) is 13.0 Å². The summed E-state index contributed by atoms with van der Waals surface area (Å²) >= 11 is 0. The van der Waals surface area contributed by atoms with E-state index < -0.39 is 11.0 Å². The molecule has 0 unspecified atom stereocenters. The molecule has 0 heterocycles. The van der Waals surface area contributed by atoms with Gasteiger partial charge in [0.1, 0.15) is 0 Å². The van der Waals surface area contributed by atoms with Crippen LogP contribution in [0.25, 0.3) is 0 Å². The van der Waals surface area contributed by atoms with Gasteiger partial charge in [-0.1, -0.05) is 18.2 Å². The van der Waals surface area contributed by atoms with E-state index in [4.69, 9.17) is 11.0 Å². The van der Waals surface area contributed by atoms with Gasteiger partial charge in [-0.05, 0) is 39.8 Å². The van der Waals surface area contributed by atoms with Gasteiger partial charge in [-0.2, -0.15) is 5.26 Å². The molecule has 0 spiro atoms. The summed E-state index contributed by atoms with van der Waals surface area (Å²) in [6, 6.07) is 11.5. The van der Waals surface area contributed by atoms with E-state index in [0.717, 1.165) is 5.69 Å². The van der Waals surface area contributed by atoms with E-state index >= 15 is 0 Å². The molecular weight excluding hydrogens is 250 g/mol. The highest BCUT2D eigenvalue weighted by atomic mass is 16.2. The lowest BCUT2D eigenvalue weighted by molar-refractivity contribution is -0.129. The third-order valence-electron chi connectivity index (χ3n) is 3.91. The van der Waals surface area contributed by atoms with Crippen LogP contribution in [-0.4, -0.2) is 18.0 Å². The molecule has 4 heteroatoms. The minimum atomic E-state index is -0.724. The van der Waals surface area contributed by atoms with Crippen molar-refractivity contribution in [1.29, 1.82) is 5.26 Å². The summed E-state index contributed by atoms with van der Waals surface area (Å²) in [5, 5.41) is 8.79. The molecule has 0 saturated carbocycles. The Morgan fingerprint density at radius 2 is 1.80 bits per heavy atom. The number of hydrogen-bond acceptors (Lipinski definition) is 3. The van der Waals surface area contributed by atoms with Crippen molar-refractivity contribution in [1.82, 2.24) is 0 Å². The van der Waals surface area contributed by atoms with E-state index in [9.17, 15) is 4.79 Å². The maximum Gasteiger partial charge on any atom is 0.234 e. The van der Waals surface area contributed by atoms with E-state index in [1.54, 1.807) is 4.90 Å². The van der Waals surface area contributed by atoms with Crippen LogP contribution in [0, 0.1) is 16.7 Å². The molecule has 0 aliphatic rings. The number of benzene rings is 1. The normalized spacial score (nSPS) is 11.8. The van der Waals surface area contributed by atoms with Crippen molar-refractivity contribution >= 4 is 11.6 Å². The molecule has 1 aromatic carbocycles. The van der Waals surface area contributed by atoms with Crippen LogP contribution < -0.4 is 10.6 Å². The number of hydrogen-bond donors (Lipinski definition) is 1. The predicted octanol–water partition coefficient (Wildman–Crippen LogP) is 2.70. The zero-order valence-corrected chi connectivity index (χ0v) is 12.7. The molecular formula is C16H23N3O. The van der Waals surface area contributed by atoms with Crippen molar-refractivity contribution in [3.63, 3.8) is 0 Å². The molecule has 0 aliphatic carbocycles. The molecule has 0 radical (unpaired) electrons. The maximum atomic E-state index is 12.9. The Morgan fingerprint density at radius 1 is 1.25 bits per heavy atom. The van der Waals surface area contributed by atoms with E-state index in [1.165, 1.54) is 0 Å².